The summed E-state index contributed by atoms with van der Waals surface area (Å²) in [5, 5.41) is 14.5. The van der Waals surface area contributed by atoms with E-state index < -0.39 is 24.0 Å². The van der Waals surface area contributed by atoms with Crippen molar-refractivity contribution in [3.05, 3.63) is 76.5 Å². The van der Waals surface area contributed by atoms with Gasteiger partial charge in [0.25, 0.3) is 5.91 Å². The van der Waals surface area contributed by atoms with Crippen LogP contribution in [-0.2, 0) is 4.79 Å². The number of carbonyl (C=O) groups excluding carboxylic acids is 2. The maximum Gasteiger partial charge on any atom is 0.344 e. The molecule has 37 heavy (non-hydrogen) atoms. The van der Waals surface area contributed by atoms with Gasteiger partial charge in [-0.05, 0) is 38.0 Å². The Balaban J connectivity index is 1.52. The minimum Gasteiger partial charge on any atom is -0.481 e. The van der Waals surface area contributed by atoms with Gasteiger partial charge in [-0.1, -0.05) is 59.2 Å². The Kier molecular flexibility index (Phi) is 7.73. The van der Waals surface area contributed by atoms with E-state index in [9.17, 15) is 19.5 Å². The molecule has 1 N–H and O–H groups in total. The van der Waals surface area contributed by atoms with Gasteiger partial charge in [-0.2, -0.15) is 0 Å². The monoisotopic (exact) mass is 522 g/mol. The molecule has 2 unspecified atom stereocenters. The molecule has 0 bridgehead atoms. The van der Waals surface area contributed by atoms with E-state index in [4.69, 9.17) is 16.1 Å². The number of aliphatic imine (C=N–C) groups is 1. The summed E-state index contributed by atoms with van der Waals surface area (Å²) < 4.78 is 5.32. The van der Waals surface area contributed by atoms with Crippen molar-refractivity contribution in [2.24, 2.45) is 10.9 Å². The number of hydrogen-bond acceptors (Lipinski definition) is 5. The Bertz CT molecular complexity index is 1350. The Morgan fingerprint density at radius 3 is 2.54 bits per heavy atom. The van der Waals surface area contributed by atoms with Gasteiger partial charge in [0.15, 0.2) is 0 Å². The Hall–Kier alpha value is -3.98. The SMILES string of the molecule is CC1=NC(=O)N(CCCN(C)C(=O)c2c(-c3ccccc3)noc2C)C(c2cccc(Cl)c2)C1C(=O)O. The zero-order valence-corrected chi connectivity index (χ0v) is 21.5. The van der Waals surface area contributed by atoms with E-state index in [1.165, 1.54) is 9.80 Å². The minimum absolute atomic E-state index is 0.197. The van der Waals surface area contributed by atoms with Crippen LogP contribution in [-0.4, -0.2) is 63.8 Å². The summed E-state index contributed by atoms with van der Waals surface area (Å²) >= 11 is 6.17. The van der Waals surface area contributed by atoms with E-state index in [0.29, 0.717) is 40.6 Å². The smallest absolute Gasteiger partial charge is 0.344 e. The molecule has 3 aromatic rings. The highest BCUT2D eigenvalue weighted by molar-refractivity contribution is 6.30. The lowest BCUT2D eigenvalue weighted by Gasteiger charge is -2.38. The van der Waals surface area contributed by atoms with Crippen LogP contribution in [0.2, 0.25) is 5.02 Å². The van der Waals surface area contributed by atoms with Crippen molar-refractivity contribution in [2.75, 3.05) is 20.1 Å². The third-order valence-electron chi connectivity index (χ3n) is 6.44. The highest BCUT2D eigenvalue weighted by atomic mass is 35.5. The molecule has 9 nitrogen and oxygen atoms in total. The highest BCUT2D eigenvalue weighted by Gasteiger charge is 2.42. The average molecular weight is 523 g/mol. The molecular formula is C27H27ClN4O5. The van der Waals surface area contributed by atoms with Crippen LogP contribution in [0.4, 0.5) is 4.79 Å². The number of halogens is 1. The quantitative estimate of drug-likeness (QED) is 0.439. The van der Waals surface area contributed by atoms with E-state index in [-0.39, 0.29) is 18.2 Å². The number of carboxylic acids is 1. The number of amides is 3. The largest absolute Gasteiger partial charge is 0.481 e. The van der Waals surface area contributed by atoms with Crippen molar-refractivity contribution in [1.29, 1.82) is 0 Å². The molecule has 0 fully saturated rings. The second-order valence-electron chi connectivity index (χ2n) is 8.95. The molecule has 2 atom stereocenters. The average Bonchev–Trinajstić information content (AvgIpc) is 3.25. The minimum atomic E-state index is -1.08. The topological polar surface area (TPSA) is 116 Å². The van der Waals surface area contributed by atoms with E-state index in [0.717, 1.165) is 5.56 Å². The van der Waals surface area contributed by atoms with Crippen LogP contribution in [0.1, 0.15) is 41.1 Å². The molecule has 1 aliphatic heterocycles. The van der Waals surface area contributed by atoms with Gasteiger partial charge < -0.3 is 19.4 Å². The highest BCUT2D eigenvalue weighted by Crippen LogP contribution is 2.35. The van der Waals surface area contributed by atoms with Gasteiger partial charge >= 0.3 is 12.0 Å². The van der Waals surface area contributed by atoms with E-state index >= 15 is 0 Å². The molecule has 1 aliphatic rings. The predicted molar refractivity (Wildman–Crippen MR) is 139 cm³/mol. The fourth-order valence-electron chi connectivity index (χ4n) is 4.61. The van der Waals surface area contributed by atoms with Crippen molar-refractivity contribution in [1.82, 2.24) is 15.0 Å². The number of rotatable bonds is 8. The molecule has 0 saturated carbocycles. The Morgan fingerprint density at radius 2 is 1.86 bits per heavy atom. The number of aryl methyl sites for hydroxylation is 1. The van der Waals surface area contributed by atoms with Gasteiger partial charge in [0.2, 0.25) is 0 Å². The first-order valence-electron chi connectivity index (χ1n) is 11.8. The summed E-state index contributed by atoms with van der Waals surface area (Å²) in [6.07, 6.45) is 0.400. The van der Waals surface area contributed by atoms with Crippen LogP contribution in [0.5, 0.6) is 0 Å². The van der Waals surface area contributed by atoms with Gasteiger partial charge in [0.1, 0.15) is 22.9 Å². The maximum absolute atomic E-state index is 13.3. The summed E-state index contributed by atoms with van der Waals surface area (Å²) in [5.41, 5.74) is 2.47. The van der Waals surface area contributed by atoms with E-state index in [2.05, 4.69) is 10.1 Å². The molecule has 0 saturated heterocycles. The number of benzene rings is 2. The van der Waals surface area contributed by atoms with E-state index in [1.54, 1.807) is 45.2 Å². The number of urea groups is 1. The second kappa shape index (κ2) is 11.0. The number of hydrogen-bond donors (Lipinski definition) is 1. The van der Waals surface area contributed by atoms with Gasteiger partial charge in [0.05, 0.1) is 6.04 Å². The molecule has 10 heteroatoms. The Labute approximate surface area is 219 Å². The standard InChI is InChI=1S/C27H27ClN4O5/c1-16-21(26(34)35)24(19-11-7-12-20(28)15-19)32(27(36)29-16)14-8-13-31(3)25(33)22-17(2)37-30-23(22)18-9-5-4-6-10-18/h4-7,9-12,15,21,24H,8,13-14H2,1-3H3,(H,34,35). The molecule has 1 aromatic heterocycles. The van der Waals surface area contributed by atoms with Gasteiger partial charge in [-0.15, -0.1) is 0 Å². The van der Waals surface area contributed by atoms with Crippen molar-refractivity contribution in [3.8, 4) is 11.3 Å². The van der Waals surface area contributed by atoms with Gasteiger partial charge in [-0.25, -0.2) is 9.79 Å². The molecule has 0 radical (unpaired) electrons. The number of aliphatic carboxylic acids is 1. The second-order valence-corrected chi connectivity index (χ2v) is 9.39. The van der Waals surface area contributed by atoms with Crippen molar-refractivity contribution < 1.29 is 24.0 Å². The first-order chi connectivity index (χ1) is 17.7. The van der Waals surface area contributed by atoms with Gasteiger partial charge in [0, 0.05) is 36.4 Å². The number of carbonyl (C=O) groups is 3. The first-order valence-corrected chi connectivity index (χ1v) is 12.2. The molecule has 3 amide bonds. The molecular weight excluding hydrogens is 496 g/mol. The Morgan fingerprint density at radius 1 is 1.14 bits per heavy atom. The first kappa shape index (κ1) is 26.1. The molecule has 2 aromatic carbocycles. The lowest BCUT2D eigenvalue weighted by atomic mass is 9.87. The van der Waals surface area contributed by atoms with Crippen molar-refractivity contribution in [3.63, 3.8) is 0 Å². The lowest BCUT2D eigenvalue weighted by molar-refractivity contribution is -0.141. The van der Waals surface area contributed by atoms with Crippen LogP contribution in [0, 0.1) is 12.8 Å². The lowest BCUT2D eigenvalue weighted by Crippen LogP contribution is -2.47. The number of nitrogens with zero attached hydrogens (tertiary/aromatic N) is 4. The zero-order valence-electron chi connectivity index (χ0n) is 20.7. The predicted octanol–water partition coefficient (Wildman–Crippen LogP) is 5.10. The summed E-state index contributed by atoms with van der Waals surface area (Å²) in [4.78, 5) is 45.3. The third-order valence-corrected chi connectivity index (χ3v) is 6.67. The van der Waals surface area contributed by atoms with Crippen LogP contribution in [0.25, 0.3) is 11.3 Å². The van der Waals surface area contributed by atoms with Crippen LogP contribution in [0.15, 0.2) is 64.1 Å². The number of carboxylic acid groups (broad SMARTS) is 1. The summed E-state index contributed by atoms with van der Waals surface area (Å²) in [6.45, 7) is 3.74. The molecule has 192 valence electrons. The van der Waals surface area contributed by atoms with Crippen LogP contribution in [0.3, 0.4) is 0 Å². The molecule has 0 aliphatic carbocycles. The van der Waals surface area contributed by atoms with Gasteiger partial charge in [-0.3, -0.25) is 9.59 Å². The summed E-state index contributed by atoms with van der Waals surface area (Å²) in [7, 11) is 1.67. The zero-order chi connectivity index (χ0) is 26.7. The summed E-state index contributed by atoms with van der Waals surface area (Å²) in [5.74, 6) is -1.93. The number of aromatic nitrogens is 1. The molecule has 4 rings (SSSR count). The summed E-state index contributed by atoms with van der Waals surface area (Å²) in [6, 6.07) is 14.8. The van der Waals surface area contributed by atoms with E-state index in [1.807, 2.05) is 30.3 Å². The molecule has 2 heterocycles. The molecule has 0 spiro atoms. The maximum atomic E-state index is 13.3. The van der Waals surface area contributed by atoms with Crippen LogP contribution < -0.4 is 0 Å². The fraction of sp³-hybridized carbons (Fsp3) is 0.296. The fourth-order valence-corrected chi connectivity index (χ4v) is 4.81. The van der Waals surface area contributed by atoms with Crippen molar-refractivity contribution >= 4 is 35.2 Å². The normalized spacial score (nSPS) is 17.5. The van der Waals surface area contributed by atoms with Crippen molar-refractivity contribution in [2.45, 2.75) is 26.3 Å². The van der Waals surface area contributed by atoms with Crippen LogP contribution >= 0.6 is 11.6 Å². The third kappa shape index (κ3) is 5.41.